The number of Topliss-reactive ketones (excluding diaryl/α,β-unsaturated/α-hetero) is 1. The van der Waals surface area contributed by atoms with Crippen molar-refractivity contribution in [3.05, 3.63) is 84.3 Å². The van der Waals surface area contributed by atoms with Gasteiger partial charge in [0.2, 0.25) is 0 Å². The number of nitrogens with zero attached hydrogens (tertiary/aromatic N) is 3. The van der Waals surface area contributed by atoms with Gasteiger partial charge in [-0.15, -0.1) is 10.2 Å². The summed E-state index contributed by atoms with van der Waals surface area (Å²) in [6.45, 7) is 3.79. The lowest BCUT2D eigenvalue weighted by molar-refractivity contribution is 0.0994. The molecular weight excluding hydrogens is 370 g/mol. The maximum absolute atomic E-state index is 12.8. The Labute approximate surface area is 167 Å². The zero-order valence-electron chi connectivity index (χ0n) is 15.6. The summed E-state index contributed by atoms with van der Waals surface area (Å²) >= 11 is 1.40. The molecule has 0 saturated heterocycles. The van der Waals surface area contributed by atoms with E-state index in [1.165, 1.54) is 11.8 Å². The Morgan fingerprint density at radius 2 is 1.68 bits per heavy atom. The lowest BCUT2D eigenvalue weighted by Crippen LogP contribution is -2.14. The van der Waals surface area contributed by atoms with E-state index >= 15 is 0 Å². The molecule has 28 heavy (non-hydrogen) atoms. The van der Waals surface area contributed by atoms with E-state index in [2.05, 4.69) is 10.2 Å². The van der Waals surface area contributed by atoms with E-state index in [9.17, 15) is 4.79 Å². The highest BCUT2D eigenvalue weighted by atomic mass is 32.2. The third kappa shape index (κ3) is 3.51. The van der Waals surface area contributed by atoms with E-state index in [1.807, 2.05) is 85.1 Å². The Balaban J connectivity index is 1.72. The molecular formula is C22H19N3O2S. The molecule has 4 rings (SSSR count). The van der Waals surface area contributed by atoms with Gasteiger partial charge in [0.25, 0.3) is 0 Å². The summed E-state index contributed by atoms with van der Waals surface area (Å²) in [7, 11) is 0. The van der Waals surface area contributed by atoms with Gasteiger partial charge in [-0.05, 0) is 32.0 Å². The number of ketones is 1. The number of para-hydroxylation sites is 1. The molecule has 0 radical (unpaired) electrons. The van der Waals surface area contributed by atoms with Crippen LogP contribution in [0.2, 0.25) is 0 Å². The van der Waals surface area contributed by atoms with Gasteiger partial charge in [-0.1, -0.05) is 60.3 Å². The molecule has 0 aliphatic carbocycles. The molecule has 0 aliphatic rings. The van der Waals surface area contributed by atoms with E-state index in [4.69, 9.17) is 4.42 Å². The minimum absolute atomic E-state index is 0.0641. The zero-order chi connectivity index (χ0) is 19.5. The molecule has 6 heteroatoms. The van der Waals surface area contributed by atoms with Crippen LogP contribution >= 0.6 is 11.8 Å². The van der Waals surface area contributed by atoms with Crippen LogP contribution in [0.1, 0.15) is 23.0 Å². The van der Waals surface area contributed by atoms with Crippen LogP contribution < -0.4 is 0 Å². The topological polar surface area (TPSA) is 60.9 Å². The predicted octanol–water partition coefficient (Wildman–Crippen LogP) is 5.20. The molecule has 2 heterocycles. The number of aryl methyl sites for hydroxylation is 1. The van der Waals surface area contributed by atoms with E-state index in [0.717, 1.165) is 17.0 Å². The average molecular weight is 389 g/mol. The van der Waals surface area contributed by atoms with Crippen molar-refractivity contribution in [1.82, 2.24) is 14.8 Å². The molecule has 2 aromatic heterocycles. The van der Waals surface area contributed by atoms with Gasteiger partial charge in [-0.3, -0.25) is 9.36 Å². The average Bonchev–Trinajstić information content (AvgIpc) is 3.34. The molecule has 0 spiro atoms. The lowest BCUT2D eigenvalue weighted by Gasteiger charge is -2.13. The number of benzene rings is 2. The van der Waals surface area contributed by atoms with E-state index < -0.39 is 0 Å². The normalized spacial score (nSPS) is 12.1. The van der Waals surface area contributed by atoms with Crippen molar-refractivity contribution in [2.45, 2.75) is 24.3 Å². The Morgan fingerprint density at radius 3 is 2.32 bits per heavy atom. The van der Waals surface area contributed by atoms with Gasteiger partial charge in [-0.25, -0.2) is 0 Å². The van der Waals surface area contributed by atoms with Gasteiger partial charge < -0.3 is 4.42 Å². The largest absolute Gasteiger partial charge is 0.469 e. The highest BCUT2D eigenvalue weighted by Gasteiger charge is 2.23. The van der Waals surface area contributed by atoms with Crippen LogP contribution in [0.15, 0.2) is 82.6 Å². The molecule has 4 aromatic rings. The first-order valence-corrected chi connectivity index (χ1v) is 9.84. The number of rotatable bonds is 6. The standard InChI is InChI=1S/C22H19N3O2S/c1-15-19(13-14-27-15)21-23-24-22(25(21)18-11-7-4-8-12-18)28-16(2)20(26)17-9-5-3-6-10-17/h3-14,16H,1-2H3. The third-order valence-electron chi connectivity index (χ3n) is 4.46. The number of hydrogen-bond donors (Lipinski definition) is 0. The fraction of sp³-hybridized carbons (Fsp3) is 0.136. The van der Waals surface area contributed by atoms with Crippen molar-refractivity contribution < 1.29 is 9.21 Å². The van der Waals surface area contributed by atoms with Crippen molar-refractivity contribution in [3.63, 3.8) is 0 Å². The van der Waals surface area contributed by atoms with Gasteiger partial charge in [0.05, 0.1) is 17.1 Å². The number of carbonyl (C=O) groups excluding carboxylic acids is 1. The highest BCUT2D eigenvalue weighted by Crippen LogP contribution is 2.32. The van der Waals surface area contributed by atoms with Crippen LogP contribution in [0.25, 0.3) is 17.1 Å². The van der Waals surface area contributed by atoms with Gasteiger partial charge in [-0.2, -0.15) is 0 Å². The van der Waals surface area contributed by atoms with Crippen LogP contribution in [0, 0.1) is 6.92 Å². The first kappa shape index (κ1) is 18.3. The zero-order valence-corrected chi connectivity index (χ0v) is 16.4. The van der Waals surface area contributed by atoms with E-state index in [1.54, 1.807) is 6.26 Å². The van der Waals surface area contributed by atoms with Crippen molar-refractivity contribution >= 4 is 17.5 Å². The van der Waals surface area contributed by atoms with Crippen LogP contribution in [0.4, 0.5) is 0 Å². The SMILES string of the molecule is Cc1occc1-c1nnc(SC(C)C(=O)c2ccccc2)n1-c1ccccc1. The first-order chi connectivity index (χ1) is 13.6. The molecule has 0 saturated carbocycles. The number of aromatic nitrogens is 3. The quantitative estimate of drug-likeness (QED) is 0.335. The fourth-order valence-corrected chi connectivity index (χ4v) is 3.94. The molecule has 140 valence electrons. The van der Waals surface area contributed by atoms with Crippen LogP contribution in [0.5, 0.6) is 0 Å². The van der Waals surface area contributed by atoms with Gasteiger partial charge in [0.15, 0.2) is 16.8 Å². The monoisotopic (exact) mass is 389 g/mol. The second kappa shape index (κ2) is 7.86. The molecule has 0 bridgehead atoms. The van der Waals surface area contributed by atoms with Crippen LogP contribution in [-0.2, 0) is 0 Å². The minimum Gasteiger partial charge on any atom is -0.469 e. The lowest BCUT2D eigenvalue weighted by atomic mass is 10.1. The highest BCUT2D eigenvalue weighted by molar-refractivity contribution is 8.00. The van der Waals surface area contributed by atoms with Crippen LogP contribution in [0.3, 0.4) is 0 Å². The van der Waals surface area contributed by atoms with Crippen molar-refractivity contribution in [1.29, 1.82) is 0 Å². The Kier molecular flexibility index (Phi) is 5.12. The Morgan fingerprint density at radius 1 is 1.00 bits per heavy atom. The molecule has 0 aliphatic heterocycles. The van der Waals surface area contributed by atoms with E-state index in [0.29, 0.717) is 16.5 Å². The van der Waals surface area contributed by atoms with E-state index in [-0.39, 0.29) is 11.0 Å². The number of thioether (sulfide) groups is 1. The molecule has 2 aromatic carbocycles. The van der Waals surface area contributed by atoms with Gasteiger partial charge >= 0.3 is 0 Å². The summed E-state index contributed by atoms with van der Waals surface area (Å²) in [5.74, 6) is 1.53. The molecule has 0 N–H and O–H groups in total. The maximum atomic E-state index is 12.8. The third-order valence-corrected chi connectivity index (χ3v) is 5.50. The smallest absolute Gasteiger partial charge is 0.196 e. The molecule has 1 atom stereocenters. The number of carbonyl (C=O) groups is 1. The molecule has 0 fully saturated rings. The maximum Gasteiger partial charge on any atom is 0.196 e. The summed E-state index contributed by atoms with van der Waals surface area (Å²) < 4.78 is 7.42. The summed E-state index contributed by atoms with van der Waals surface area (Å²) in [6, 6.07) is 21.1. The second-order valence-corrected chi connectivity index (χ2v) is 7.67. The number of furan rings is 1. The van der Waals surface area contributed by atoms with Gasteiger partial charge in [0.1, 0.15) is 5.76 Å². The fourth-order valence-electron chi connectivity index (χ4n) is 3.00. The van der Waals surface area contributed by atoms with Gasteiger partial charge in [0, 0.05) is 11.3 Å². The summed E-state index contributed by atoms with van der Waals surface area (Å²) in [6.07, 6.45) is 1.64. The van der Waals surface area contributed by atoms with Crippen LogP contribution in [-0.4, -0.2) is 25.8 Å². The second-order valence-electron chi connectivity index (χ2n) is 6.36. The summed E-state index contributed by atoms with van der Waals surface area (Å²) in [5.41, 5.74) is 2.51. The summed E-state index contributed by atoms with van der Waals surface area (Å²) in [5, 5.41) is 9.16. The first-order valence-electron chi connectivity index (χ1n) is 8.96. The minimum atomic E-state index is -0.299. The molecule has 0 amide bonds. The summed E-state index contributed by atoms with van der Waals surface area (Å²) in [4.78, 5) is 12.8. The van der Waals surface area contributed by atoms with Crippen molar-refractivity contribution in [3.8, 4) is 17.1 Å². The molecule has 5 nitrogen and oxygen atoms in total. The predicted molar refractivity (Wildman–Crippen MR) is 110 cm³/mol. The Bertz CT molecular complexity index is 1090. The van der Waals surface area contributed by atoms with Crippen molar-refractivity contribution in [2.75, 3.05) is 0 Å². The number of hydrogen-bond acceptors (Lipinski definition) is 5. The molecule has 1 unspecified atom stereocenters. The Hall–Kier alpha value is -3.12. The van der Waals surface area contributed by atoms with Crippen molar-refractivity contribution in [2.24, 2.45) is 0 Å².